The van der Waals surface area contributed by atoms with Crippen LogP contribution in [0.25, 0.3) is 0 Å². The zero-order chi connectivity index (χ0) is 14.2. The van der Waals surface area contributed by atoms with E-state index in [2.05, 4.69) is 20.9 Å². The van der Waals surface area contributed by atoms with Gasteiger partial charge >= 0.3 is 0 Å². The van der Waals surface area contributed by atoms with Gasteiger partial charge in [-0.2, -0.15) is 0 Å². The monoisotopic (exact) mass is 333 g/mol. The van der Waals surface area contributed by atoms with Crippen molar-refractivity contribution in [3.63, 3.8) is 0 Å². The number of hydrogen-bond donors (Lipinski definition) is 1. The molecule has 2 aromatic rings. The van der Waals surface area contributed by atoms with Gasteiger partial charge in [-0.3, -0.25) is 4.98 Å². The number of halogens is 1. The third-order valence-corrected chi connectivity index (χ3v) is 4.32. The first-order valence-electron chi connectivity index (χ1n) is 6.60. The number of pyridine rings is 1. The molecule has 0 saturated heterocycles. The molecule has 1 heterocycles. The van der Waals surface area contributed by atoms with E-state index in [1.54, 1.807) is 19.5 Å². The molecular weight excluding hydrogens is 318 g/mol. The lowest BCUT2D eigenvalue weighted by molar-refractivity contribution is 0.0387. The second kappa shape index (κ2) is 5.19. The highest BCUT2D eigenvalue weighted by atomic mass is 79.9. The highest BCUT2D eigenvalue weighted by molar-refractivity contribution is 9.10. The lowest BCUT2D eigenvalue weighted by Crippen LogP contribution is -2.25. The van der Waals surface area contributed by atoms with Crippen LogP contribution in [0.4, 0.5) is 0 Å². The molecule has 0 bridgehead atoms. The van der Waals surface area contributed by atoms with E-state index in [-0.39, 0.29) is 0 Å². The van der Waals surface area contributed by atoms with E-state index in [1.165, 1.54) is 5.56 Å². The van der Waals surface area contributed by atoms with Crippen LogP contribution >= 0.6 is 15.9 Å². The average molecular weight is 334 g/mol. The summed E-state index contributed by atoms with van der Waals surface area (Å²) in [6.07, 6.45) is 5.76. The molecule has 3 nitrogen and oxygen atoms in total. The van der Waals surface area contributed by atoms with Crippen molar-refractivity contribution < 1.29 is 9.84 Å². The third kappa shape index (κ3) is 2.45. The van der Waals surface area contributed by atoms with Crippen molar-refractivity contribution in [2.24, 2.45) is 0 Å². The average Bonchev–Trinajstić information content (AvgIpc) is 2.76. The molecular formula is C16H16BrNO2. The number of hydrogen-bond acceptors (Lipinski definition) is 3. The van der Waals surface area contributed by atoms with Gasteiger partial charge in [0.15, 0.2) is 0 Å². The normalized spacial score (nSPS) is 20.8. The first-order chi connectivity index (χ1) is 9.60. The van der Waals surface area contributed by atoms with Gasteiger partial charge in [0.2, 0.25) is 0 Å². The Bertz CT molecular complexity index is 644. The minimum atomic E-state index is -0.827. The summed E-state index contributed by atoms with van der Waals surface area (Å²) in [5, 5.41) is 11.0. The first kappa shape index (κ1) is 13.6. The Labute approximate surface area is 126 Å². The van der Waals surface area contributed by atoms with Crippen LogP contribution in [-0.4, -0.2) is 17.2 Å². The van der Waals surface area contributed by atoms with Crippen LogP contribution < -0.4 is 4.74 Å². The zero-order valence-corrected chi connectivity index (χ0v) is 12.9. The van der Waals surface area contributed by atoms with Crippen molar-refractivity contribution >= 4 is 15.9 Å². The quantitative estimate of drug-likeness (QED) is 0.937. The molecule has 104 valence electrons. The Hall–Kier alpha value is -1.39. The number of fused-ring (bicyclic) bond motifs is 1. The van der Waals surface area contributed by atoms with Crippen LogP contribution in [0.5, 0.6) is 5.75 Å². The number of aryl methyl sites for hydroxylation is 1. The Morgan fingerprint density at radius 3 is 2.95 bits per heavy atom. The molecule has 1 aromatic heterocycles. The summed E-state index contributed by atoms with van der Waals surface area (Å²) in [5.74, 6) is 0.788. The van der Waals surface area contributed by atoms with Crippen LogP contribution in [0, 0.1) is 0 Å². The summed E-state index contributed by atoms with van der Waals surface area (Å²) in [6, 6.07) is 7.95. The van der Waals surface area contributed by atoms with Crippen LogP contribution in [0.2, 0.25) is 0 Å². The molecule has 0 spiro atoms. The summed E-state index contributed by atoms with van der Waals surface area (Å²) in [4.78, 5) is 4.16. The van der Waals surface area contributed by atoms with Crippen molar-refractivity contribution in [3.8, 4) is 5.75 Å². The fourth-order valence-corrected chi connectivity index (χ4v) is 3.30. The van der Waals surface area contributed by atoms with E-state index in [9.17, 15) is 5.11 Å². The lowest BCUT2D eigenvalue weighted by atomic mass is 9.89. The smallest absolute Gasteiger partial charge is 0.119 e. The maximum atomic E-state index is 11.0. The minimum Gasteiger partial charge on any atom is -0.497 e. The van der Waals surface area contributed by atoms with E-state index < -0.39 is 5.60 Å². The number of nitrogens with zero attached hydrogens (tertiary/aromatic N) is 1. The van der Waals surface area contributed by atoms with Gasteiger partial charge in [0.1, 0.15) is 5.75 Å². The Balaban J connectivity index is 1.95. The second-order valence-corrected chi connectivity index (χ2v) is 6.16. The molecule has 1 N–H and O–H groups in total. The van der Waals surface area contributed by atoms with Gasteiger partial charge < -0.3 is 9.84 Å². The minimum absolute atomic E-state index is 0.569. The Morgan fingerprint density at radius 1 is 1.35 bits per heavy atom. The van der Waals surface area contributed by atoms with Gasteiger partial charge in [-0.1, -0.05) is 6.07 Å². The third-order valence-electron chi connectivity index (χ3n) is 3.88. The molecule has 0 fully saturated rings. The fourth-order valence-electron chi connectivity index (χ4n) is 2.88. The van der Waals surface area contributed by atoms with E-state index in [0.717, 1.165) is 34.2 Å². The van der Waals surface area contributed by atoms with Gasteiger partial charge in [-0.05, 0) is 63.7 Å². The maximum Gasteiger partial charge on any atom is 0.119 e. The van der Waals surface area contributed by atoms with Crippen LogP contribution in [0.3, 0.4) is 0 Å². The van der Waals surface area contributed by atoms with E-state index >= 15 is 0 Å². The van der Waals surface area contributed by atoms with Crippen LogP contribution in [0.15, 0.2) is 41.1 Å². The van der Waals surface area contributed by atoms with Crippen molar-refractivity contribution in [3.05, 3.63) is 57.8 Å². The van der Waals surface area contributed by atoms with Crippen LogP contribution in [0.1, 0.15) is 23.1 Å². The number of ether oxygens (including phenoxy) is 1. The maximum absolute atomic E-state index is 11.0. The number of aliphatic hydroxyl groups is 1. The SMILES string of the molecule is COc1ccc2c(c1)C(O)(Cc1cncc(Br)c1)CC2. The fraction of sp³-hybridized carbons (Fsp3) is 0.312. The molecule has 3 rings (SSSR count). The summed E-state index contributed by atoms with van der Waals surface area (Å²) in [6.45, 7) is 0. The van der Waals surface area contributed by atoms with Crippen molar-refractivity contribution in [1.29, 1.82) is 0 Å². The summed E-state index contributed by atoms with van der Waals surface area (Å²) in [5.41, 5.74) is 2.39. The molecule has 1 aliphatic rings. The predicted octanol–water partition coefficient (Wildman–Crippen LogP) is 3.23. The van der Waals surface area contributed by atoms with Gasteiger partial charge in [0.05, 0.1) is 12.7 Å². The van der Waals surface area contributed by atoms with Gasteiger partial charge in [-0.15, -0.1) is 0 Å². The van der Waals surface area contributed by atoms with Gasteiger partial charge in [0.25, 0.3) is 0 Å². The molecule has 0 aliphatic heterocycles. The van der Waals surface area contributed by atoms with Crippen LogP contribution in [-0.2, 0) is 18.4 Å². The van der Waals surface area contributed by atoms with Gasteiger partial charge in [0, 0.05) is 23.3 Å². The van der Waals surface area contributed by atoms with E-state index in [0.29, 0.717) is 6.42 Å². The topological polar surface area (TPSA) is 42.4 Å². The number of benzene rings is 1. The number of aromatic nitrogens is 1. The predicted molar refractivity (Wildman–Crippen MR) is 80.9 cm³/mol. The molecule has 1 aliphatic carbocycles. The molecule has 1 unspecified atom stereocenters. The Morgan fingerprint density at radius 2 is 2.20 bits per heavy atom. The highest BCUT2D eigenvalue weighted by Gasteiger charge is 2.37. The van der Waals surface area contributed by atoms with Crippen molar-refractivity contribution in [2.75, 3.05) is 7.11 Å². The molecule has 20 heavy (non-hydrogen) atoms. The van der Waals surface area contributed by atoms with Crippen molar-refractivity contribution in [2.45, 2.75) is 24.9 Å². The molecule has 0 amide bonds. The largest absolute Gasteiger partial charge is 0.497 e. The molecule has 4 heteroatoms. The molecule has 1 atom stereocenters. The summed E-state index contributed by atoms with van der Waals surface area (Å²) in [7, 11) is 1.65. The number of methoxy groups -OCH3 is 1. The second-order valence-electron chi connectivity index (χ2n) is 5.24. The summed E-state index contributed by atoms with van der Waals surface area (Å²) >= 11 is 3.42. The van der Waals surface area contributed by atoms with Gasteiger partial charge in [-0.25, -0.2) is 0 Å². The zero-order valence-electron chi connectivity index (χ0n) is 11.3. The van der Waals surface area contributed by atoms with E-state index in [1.807, 2.05) is 24.3 Å². The van der Waals surface area contributed by atoms with E-state index in [4.69, 9.17) is 4.74 Å². The standard InChI is InChI=1S/C16H16BrNO2/c1-20-14-3-2-12-4-5-16(19,15(12)7-14)8-11-6-13(17)10-18-9-11/h2-3,6-7,9-10,19H,4-5,8H2,1H3. The molecule has 0 saturated carbocycles. The molecule has 1 aromatic carbocycles. The lowest BCUT2D eigenvalue weighted by Gasteiger charge is -2.24. The molecule has 0 radical (unpaired) electrons. The summed E-state index contributed by atoms with van der Waals surface area (Å²) < 4.78 is 6.20. The first-order valence-corrected chi connectivity index (χ1v) is 7.39. The highest BCUT2D eigenvalue weighted by Crippen LogP contribution is 2.41. The Kier molecular flexibility index (Phi) is 3.52. The number of rotatable bonds is 3. The van der Waals surface area contributed by atoms with Crippen molar-refractivity contribution in [1.82, 2.24) is 4.98 Å².